The number of para-hydroxylation sites is 1. The van der Waals surface area contributed by atoms with Crippen molar-refractivity contribution in [3.63, 3.8) is 0 Å². The number of furan rings is 1. The van der Waals surface area contributed by atoms with Gasteiger partial charge in [-0.2, -0.15) is 4.68 Å². The van der Waals surface area contributed by atoms with Crippen LogP contribution in [0.4, 0.5) is 16.3 Å². The number of carbonyl (C=O) groups is 4. The van der Waals surface area contributed by atoms with Gasteiger partial charge in [-0.3, -0.25) is 14.4 Å². The number of amides is 3. The van der Waals surface area contributed by atoms with E-state index in [4.69, 9.17) is 9.15 Å². The normalized spacial score (nSPS) is 11.2. The van der Waals surface area contributed by atoms with E-state index in [9.17, 15) is 19.2 Å². The van der Waals surface area contributed by atoms with Crippen LogP contribution in [0.15, 0.2) is 114 Å². The van der Waals surface area contributed by atoms with Crippen LogP contribution in [-0.4, -0.2) is 38.2 Å². The molecule has 48 heavy (non-hydrogen) atoms. The first-order valence-electron chi connectivity index (χ1n) is 15.1. The summed E-state index contributed by atoms with van der Waals surface area (Å²) < 4.78 is 14.0. The Morgan fingerprint density at radius 1 is 0.812 bits per heavy atom. The minimum Gasteiger partial charge on any atom is -0.445 e. The average molecular weight is 645 g/mol. The molecule has 0 atom stereocenters. The predicted molar refractivity (Wildman–Crippen MR) is 179 cm³/mol. The molecule has 0 fully saturated rings. The Labute approximate surface area is 275 Å². The number of aromatic nitrogens is 3. The number of fused-ring (bicyclic) bond motifs is 1. The van der Waals surface area contributed by atoms with Gasteiger partial charge in [0, 0.05) is 19.3 Å². The zero-order chi connectivity index (χ0) is 33.8. The van der Waals surface area contributed by atoms with Crippen molar-refractivity contribution in [2.24, 2.45) is 7.05 Å². The zero-order valence-electron chi connectivity index (χ0n) is 26.4. The highest BCUT2D eigenvalue weighted by atomic mass is 16.6. The SMILES string of the molecule is Cn1cccc1C(=O)Nc1ccccc1C(=O)Nc1nn(C(=O)OCc2ccccc2)c2cc(C(=O)NC(C)(C)c3ccccc3)oc12. The summed E-state index contributed by atoms with van der Waals surface area (Å²) in [6, 6.07) is 29.7. The summed E-state index contributed by atoms with van der Waals surface area (Å²) in [5.74, 6) is -1.83. The highest BCUT2D eigenvalue weighted by molar-refractivity contribution is 6.14. The molecule has 6 rings (SSSR count). The fraction of sp³-hybridized carbons (Fsp3) is 0.139. The van der Waals surface area contributed by atoms with E-state index in [1.165, 1.54) is 12.1 Å². The average Bonchev–Trinajstić information content (AvgIpc) is 3.81. The molecule has 12 heteroatoms. The molecule has 3 heterocycles. The molecule has 0 aliphatic carbocycles. The van der Waals surface area contributed by atoms with E-state index >= 15 is 0 Å². The number of benzene rings is 3. The van der Waals surface area contributed by atoms with Crippen molar-refractivity contribution in [1.82, 2.24) is 19.7 Å². The zero-order valence-corrected chi connectivity index (χ0v) is 26.4. The van der Waals surface area contributed by atoms with Gasteiger partial charge in [0.2, 0.25) is 0 Å². The predicted octanol–water partition coefficient (Wildman–Crippen LogP) is 6.32. The van der Waals surface area contributed by atoms with Crippen LogP contribution in [0, 0.1) is 0 Å². The molecule has 0 saturated heterocycles. The van der Waals surface area contributed by atoms with Crippen LogP contribution >= 0.6 is 0 Å². The molecule has 0 bridgehead atoms. The molecular weight excluding hydrogens is 612 g/mol. The van der Waals surface area contributed by atoms with Gasteiger partial charge in [0.15, 0.2) is 17.2 Å². The summed E-state index contributed by atoms with van der Waals surface area (Å²) in [7, 11) is 1.74. The minimum atomic E-state index is -0.850. The van der Waals surface area contributed by atoms with E-state index in [1.54, 1.807) is 60.3 Å². The second kappa shape index (κ2) is 13.1. The molecule has 6 aromatic rings. The van der Waals surface area contributed by atoms with Gasteiger partial charge in [0.25, 0.3) is 17.7 Å². The van der Waals surface area contributed by atoms with Gasteiger partial charge in [-0.25, -0.2) is 4.79 Å². The quantitative estimate of drug-likeness (QED) is 0.167. The lowest BCUT2D eigenvalue weighted by molar-refractivity contribution is 0.0884. The second-order valence-electron chi connectivity index (χ2n) is 11.5. The molecule has 3 aromatic heterocycles. The topological polar surface area (TPSA) is 149 Å². The van der Waals surface area contributed by atoms with Crippen LogP contribution in [0.5, 0.6) is 0 Å². The van der Waals surface area contributed by atoms with E-state index in [2.05, 4.69) is 21.0 Å². The van der Waals surface area contributed by atoms with Crippen molar-refractivity contribution in [1.29, 1.82) is 0 Å². The van der Waals surface area contributed by atoms with Gasteiger partial charge >= 0.3 is 6.09 Å². The Morgan fingerprint density at radius 2 is 1.50 bits per heavy atom. The number of hydrogen-bond acceptors (Lipinski definition) is 7. The van der Waals surface area contributed by atoms with Crippen molar-refractivity contribution in [2.45, 2.75) is 26.0 Å². The number of nitrogens with one attached hydrogen (secondary N) is 3. The summed E-state index contributed by atoms with van der Waals surface area (Å²) in [5.41, 5.74) is 1.73. The van der Waals surface area contributed by atoms with Crippen LogP contribution in [0.25, 0.3) is 11.1 Å². The number of aryl methyl sites for hydroxylation is 1. The highest BCUT2D eigenvalue weighted by Crippen LogP contribution is 2.29. The van der Waals surface area contributed by atoms with Crippen molar-refractivity contribution < 1.29 is 28.3 Å². The number of rotatable bonds is 9. The Hall–Kier alpha value is -6.43. The maximum atomic E-state index is 13.6. The molecule has 0 saturated carbocycles. The minimum absolute atomic E-state index is 0.0204. The van der Waals surface area contributed by atoms with E-state index in [0.29, 0.717) is 5.69 Å². The number of nitrogens with zero attached hydrogens (tertiary/aromatic N) is 3. The lowest BCUT2D eigenvalue weighted by Crippen LogP contribution is -2.40. The number of hydrogen-bond donors (Lipinski definition) is 3. The van der Waals surface area contributed by atoms with E-state index in [-0.39, 0.29) is 40.5 Å². The Bertz CT molecular complexity index is 2130. The standard InChI is InChI=1S/C36H32N6O6/c1-36(2,24-15-8-5-9-16-24)39-34(45)29-21-28-30(48-29)31(40-42(28)35(46)47-22-23-13-6-4-7-14-23)38-32(43)25-17-10-11-18-26(25)37-33(44)27-19-12-20-41(27)3/h4-21H,22H2,1-3H3,(H,37,44)(H,39,45)(H,38,40,43). The second-order valence-corrected chi connectivity index (χ2v) is 11.5. The maximum absolute atomic E-state index is 13.6. The lowest BCUT2D eigenvalue weighted by Gasteiger charge is -2.26. The van der Waals surface area contributed by atoms with Gasteiger partial charge in [0.1, 0.15) is 17.8 Å². The van der Waals surface area contributed by atoms with Crippen LogP contribution < -0.4 is 16.0 Å². The first kappa shape index (κ1) is 31.5. The first-order chi connectivity index (χ1) is 23.1. The summed E-state index contributed by atoms with van der Waals surface area (Å²) in [4.78, 5) is 53.3. The smallest absolute Gasteiger partial charge is 0.435 e. The van der Waals surface area contributed by atoms with Crippen LogP contribution in [0.1, 0.15) is 56.4 Å². The van der Waals surface area contributed by atoms with Crippen molar-refractivity contribution in [3.8, 4) is 0 Å². The Balaban J connectivity index is 1.30. The molecule has 0 spiro atoms. The monoisotopic (exact) mass is 644 g/mol. The number of carbonyl (C=O) groups excluding carboxylic acids is 4. The van der Waals surface area contributed by atoms with Gasteiger partial charge in [-0.15, -0.1) is 5.10 Å². The van der Waals surface area contributed by atoms with Gasteiger partial charge in [-0.1, -0.05) is 72.8 Å². The first-order valence-corrected chi connectivity index (χ1v) is 15.1. The number of anilines is 2. The summed E-state index contributed by atoms with van der Waals surface area (Å²) in [6.07, 6.45) is 0.887. The third kappa shape index (κ3) is 6.58. The third-order valence-corrected chi connectivity index (χ3v) is 7.71. The van der Waals surface area contributed by atoms with Gasteiger partial charge < -0.3 is 29.7 Å². The van der Waals surface area contributed by atoms with E-state index < -0.39 is 29.4 Å². The largest absolute Gasteiger partial charge is 0.445 e. The molecule has 3 amide bonds. The Morgan fingerprint density at radius 3 is 2.21 bits per heavy atom. The van der Waals surface area contributed by atoms with Crippen LogP contribution in [-0.2, 0) is 23.9 Å². The molecule has 3 aromatic carbocycles. The lowest BCUT2D eigenvalue weighted by atomic mass is 9.94. The fourth-order valence-electron chi connectivity index (χ4n) is 5.14. The van der Waals surface area contributed by atoms with Crippen LogP contribution in [0.3, 0.4) is 0 Å². The molecule has 0 aliphatic rings. The molecule has 3 N–H and O–H groups in total. The molecule has 0 unspecified atom stereocenters. The van der Waals surface area contributed by atoms with Crippen molar-refractivity contribution in [3.05, 3.63) is 137 Å². The van der Waals surface area contributed by atoms with Crippen molar-refractivity contribution in [2.75, 3.05) is 10.6 Å². The molecule has 0 radical (unpaired) electrons. The molecule has 12 nitrogen and oxygen atoms in total. The van der Waals surface area contributed by atoms with Gasteiger partial charge in [0.05, 0.1) is 16.8 Å². The maximum Gasteiger partial charge on any atom is 0.435 e. The molecular formula is C36H32N6O6. The van der Waals surface area contributed by atoms with Crippen molar-refractivity contribution >= 4 is 46.4 Å². The third-order valence-electron chi connectivity index (χ3n) is 7.71. The van der Waals surface area contributed by atoms with E-state index in [1.807, 2.05) is 62.4 Å². The highest BCUT2D eigenvalue weighted by Gasteiger charge is 2.29. The van der Waals surface area contributed by atoms with Gasteiger partial charge in [-0.05, 0) is 49.2 Å². The fourth-order valence-corrected chi connectivity index (χ4v) is 5.14. The Kier molecular flexibility index (Phi) is 8.63. The summed E-state index contributed by atoms with van der Waals surface area (Å²) >= 11 is 0. The number of ether oxygens (including phenoxy) is 1. The molecule has 0 aliphatic heterocycles. The molecule has 242 valence electrons. The van der Waals surface area contributed by atoms with E-state index in [0.717, 1.165) is 15.8 Å². The summed E-state index contributed by atoms with van der Waals surface area (Å²) in [5, 5.41) is 12.7. The van der Waals surface area contributed by atoms with Crippen LogP contribution in [0.2, 0.25) is 0 Å². The summed E-state index contributed by atoms with van der Waals surface area (Å²) in [6.45, 7) is 3.67.